The lowest BCUT2D eigenvalue weighted by Gasteiger charge is -2.10. The Morgan fingerprint density at radius 1 is 0.852 bits per heavy atom. The predicted molar refractivity (Wildman–Crippen MR) is 87.1 cm³/mol. The van der Waals surface area contributed by atoms with E-state index in [0.29, 0.717) is 12.1 Å². The zero-order valence-electron chi connectivity index (χ0n) is 13.1. The van der Waals surface area contributed by atoms with Gasteiger partial charge in [-0.25, -0.2) is 23.1 Å². The van der Waals surface area contributed by atoms with E-state index in [1.54, 1.807) is 0 Å². The Balaban J connectivity index is 1.93. The van der Waals surface area contributed by atoms with E-state index in [4.69, 9.17) is 11.6 Å². The molecular formula is C17H8ClF6N3. The van der Waals surface area contributed by atoms with Gasteiger partial charge in [-0.15, -0.1) is 0 Å². The first-order chi connectivity index (χ1) is 12.6. The number of halogens is 7. The summed E-state index contributed by atoms with van der Waals surface area (Å²) in [4.78, 5) is 7.96. The summed E-state index contributed by atoms with van der Waals surface area (Å²) in [6, 6.07) is 6.70. The molecule has 0 saturated heterocycles. The van der Waals surface area contributed by atoms with Crippen molar-refractivity contribution in [2.45, 2.75) is 6.18 Å². The van der Waals surface area contributed by atoms with Crippen molar-refractivity contribution >= 4 is 23.1 Å². The van der Waals surface area contributed by atoms with Crippen molar-refractivity contribution in [1.29, 1.82) is 0 Å². The molecule has 0 spiro atoms. The molecule has 1 aromatic heterocycles. The van der Waals surface area contributed by atoms with E-state index in [1.165, 1.54) is 6.07 Å². The number of anilines is 2. The summed E-state index contributed by atoms with van der Waals surface area (Å²) in [7, 11) is 0. The fourth-order valence-electron chi connectivity index (χ4n) is 2.19. The second kappa shape index (κ2) is 7.07. The Hall–Kier alpha value is -2.81. The van der Waals surface area contributed by atoms with Gasteiger partial charge >= 0.3 is 6.18 Å². The second-order valence-electron chi connectivity index (χ2n) is 5.35. The Morgan fingerprint density at radius 3 is 2.00 bits per heavy atom. The highest BCUT2D eigenvalue weighted by atomic mass is 35.5. The molecule has 0 unspecified atom stereocenters. The molecule has 140 valence electrons. The van der Waals surface area contributed by atoms with Gasteiger partial charge in [-0.1, -0.05) is 23.7 Å². The van der Waals surface area contributed by atoms with Crippen LogP contribution in [0.25, 0.3) is 11.4 Å². The van der Waals surface area contributed by atoms with Gasteiger partial charge in [0.15, 0.2) is 23.3 Å². The lowest BCUT2D eigenvalue weighted by Crippen LogP contribution is -2.04. The fourth-order valence-corrected chi connectivity index (χ4v) is 2.38. The topological polar surface area (TPSA) is 37.8 Å². The summed E-state index contributed by atoms with van der Waals surface area (Å²) in [5.41, 5.74) is -0.742. The van der Waals surface area contributed by atoms with Crippen molar-refractivity contribution in [1.82, 2.24) is 9.97 Å². The minimum atomic E-state index is -4.49. The monoisotopic (exact) mass is 403 g/mol. The fraction of sp³-hybridized carbons (Fsp3) is 0.0588. The number of aromatic nitrogens is 2. The molecule has 0 radical (unpaired) electrons. The minimum Gasteiger partial charge on any atom is -0.340 e. The first-order valence-corrected chi connectivity index (χ1v) is 7.65. The van der Waals surface area contributed by atoms with Crippen LogP contribution < -0.4 is 5.32 Å². The van der Waals surface area contributed by atoms with Crippen molar-refractivity contribution in [2.75, 3.05) is 5.32 Å². The van der Waals surface area contributed by atoms with E-state index >= 15 is 0 Å². The molecule has 1 heterocycles. The lowest BCUT2D eigenvalue weighted by molar-refractivity contribution is -0.137. The van der Waals surface area contributed by atoms with Crippen LogP contribution in [-0.2, 0) is 6.18 Å². The molecule has 3 nitrogen and oxygen atoms in total. The third-order valence-corrected chi connectivity index (χ3v) is 3.62. The molecule has 27 heavy (non-hydrogen) atoms. The number of hydrogen-bond acceptors (Lipinski definition) is 3. The SMILES string of the molecule is Fc1cc(Nc2cc(Cl)nc(-c3ccc(C(F)(F)F)cc3)n2)cc(F)c1F. The molecule has 0 bridgehead atoms. The Kier molecular flexibility index (Phi) is 4.97. The molecule has 0 aliphatic heterocycles. The molecule has 1 N–H and O–H groups in total. The predicted octanol–water partition coefficient (Wildman–Crippen LogP) is 5.98. The number of nitrogens with one attached hydrogen (secondary N) is 1. The quantitative estimate of drug-likeness (QED) is 0.332. The van der Waals surface area contributed by atoms with Gasteiger partial charge in [-0.2, -0.15) is 13.2 Å². The molecular weight excluding hydrogens is 396 g/mol. The first kappa shape index (κ1) is 19.0. The van der Waals surface area contributed by atoms with E-state index in [0.717, 1.165) is 24.3 Å². The van der Waals surface area contributed by atoms with Crippen LogP contribution >= 0.6 is 11.6 Å². The second-order valence-corrected chi connectivity index (χ2v) is 5.74. The molecule has 0 aliphatic carbocycles. The minimum absolute atomic E-state index is 0.00954. The lowest BCUT2D eigenvalue weighted by atomic mass is 10.1. The number of nitrogens with zero attached hydrogens (tertiary/aromatic N) is 2. The highest BCUT2D eigenvalue weighted by Crippen LogP contribution is 2.31. The number of hydrogen-bond donors (Lipinski definition) is 1. The standard InChI is InChI=1S/C17H8ClF6N3/c18-13-7-14(25-10-5-11(19)15(21)12(20)6-10)27-16(26-13)8-1-3-9(4-2-8)17(22,23)24/h1-7H,(H,25,26,27). The number of rotatable bonds is 3. The van der Waals surface area contributed by atoms with Crippen molar-refractivity contribution < 1.29 is 26.3 Å². The van der Waals surface area contributed by atoms with Crippen LogP contribution in [0.15, 0.2) is 42.5 Å². The van der Waals surface area contributed by atoms with E-state index < -0.39 is 29.2 Å². The maximum atomic E-state index is 13.3. The maximum Gasteiger partial charge on any atom is 0.416 e. The van der Waals surface area contributed by atoms with Crippen molar-refractivity contribution in [3.8, 4) is 11.4 Å². The molecule has 3 aromatic rings. The average Bonchev–Trinajstić information content (AvgIpc) is 2.58. The van der Waals surface area contributed by atoms with E-state index in [1.807, 2.05) is 0 Å². The van der Waals surface area contributed by atoms with Gasteiger partial charge in [0.2, 0.25) is 0 Å². The molecule has 0 aliphatic rings. The van der Waals surface area contributed by atoms with Crippen LogP contribution in [0, 0.1) is 17.5 Å². The summed E-state index contributed by atoms with van der Waals surface area (Å²) >= 11 is 5.88. The van der Waals surface area contributed by atoms with Crippen molar-refractivity contribution in [3.63, 3.8) is 0 Å². The zero-order valence-corrected chi connectivity index (χ0v) is 13.8. The van der Waals surface area contributed by atoms with E-state index in [2.05, 4.69) is 15.3 Å². The first-order valence-electron chi connectivity index (χ1n) is 7.27. The van der Waals surface area contributed by atoms with Crippen molar-refractivity contribution in [3.05, 3.63) is 70.6 Å². The van der Waals surface area contributed by atoms with Crippen LogP contribution in [0.1, 0.15) is 5.56 Å². The maximum absolute atomic E-state index is 13.3. The Labute approximate surface area is 153 Å². The molecule has 0 amide bonds. The van der Waals surface area contributed by atoms with Gasteiger partial charge < -0.3 is 5.32 Å². The van der Waals surface area contributed by atoms with Gasteiger partial charge in [0.05, 0.1) is 5.56 Å². The average molecular weight is 404 g/mol. The molecule has 10 heteroatoms. The zero-order chi connectivity index (χ0) is 19.8. The van der Waals surface area contributed by atoms with Crippen LogP contribution in [-0.4, -0.2) is 9.97 Å². The van der Waals surface area contributed by atoms with Crippen LogP contribution in [0.4, 0.5) is 37.8 Å². The van der Waals surface area contributed by atoms with Crippen molar-refractivity contribution in [2.24, 2.45) is 0 Å². The third-order valence-electron chi connectivity index (χ3n) is 3.42. The normalized spacial score (nSPS) is 11.5. The Bertz CT molecular complexity index is 966. The summed E-state index contributed by atoms with van der Waals surface area (Å²) in [5, 5.41) is 2.47. The van der Waals surface area contributed by atoms with Crippen LogP contribution in [0.3, 0.4) is 0 Å². The summed E-state index contributed by atoms with van der Waals surface area (Å²) in [5.74, 6) is -4.43. The van der Waals surface area contributed by atoms with Gasteiger partial charge in [0.1, 0.15) is 11.0 Å². The van der Waals surface area contributed by atoms with Gasteiger partial charge in [-0.05, 0) is 12.1 Å². The highest BCUT2D eigenvalue weighted by Gasteiger charge is 2.30. The van der Waals surface area contributed by atoms with Crippen LogP contribution in [0.2, 0.25) is 5.15 Å². The third kappa shape index (κ3) is 4.30. The summed E-state index contributed by atoms with van der Waals surface area (Å²) in [6.45, 7) is 0. The highest BCUT2D eigenvalue weighted by molar-refractivity contribution is 6.29. The summed E-state index contributed by atoms with van der Waals surface area (Å²) < 4.78 is 77.5. The molecule has 0 fully saturated rings. The molecule has 3 rings (SSSR count). The molecule has 0 saturated carbocycles. The van der Waals surface area contributed by atoms with E-state index in [9.17, 15) is 26.3 Å². The smallest absolute Gasteiger partial charge is 0.340 e. The van der Waals surface area contributed by atoms with Crippen LogP contribution in [0.5, 0.6) is 0 Å². The number of benzene rings is 2. The Morgan fingerprint density at radius 2 is 1.44 bits per heavy atom. The molecule has 0 atom stereocenters. The van der Waals surface area contributed by atoms with Gasteiger partial charge in [0.25, 0.3) is 0 Å². The van der Waals surface area contributed by atoms with Gasteiger partial charge in [-0.3, -0.25) is 0 Å². The van der Waals surface area contributed by atoms with E-state index in [-0.39, 0.29) is 28.0 Å². The summed E-state index contributed by atoms with van der Waals surface area (Å²) in [6.07, 6.45) is -4.49. The molecule has 2 aromatic carbocycles. The number of alkyl halides is 3. The van der Waals surface area contributed by atoms with Gasteiger partial charge in [0, 0.05) is 29.4 Å². The largest absolute Gasteiger partial charge is 0.416 e.